The van der Waals surface area contributed by atoms with E-state index in [2.05, 4.69) is 72.2 Å². The molecule has 84 valence electrons. The molecule has 2 heterocycles. The summed E-state index contributed by atoms with van der Waals surface area (Å²) in [6.45, 7) is 0. The molecule has 2 aromatic heterocycles. The van der Waals surface area contributed by atoms with Crippen LogP contribution in [-0.2, 0) is 0 Å². The van der Waals surface area contributed by atoms with Gasteiger partial charge in [-0.05, 0) is 62.8 Å². The van der Waals surface area contributed by atoms with Crippen LogP contribution < -0.4 is 0 Å². The molecule has 0 bridgehead atoms. The fraction of sp³-hybridized carbons (Fsp3) is 0. The van der Waals surface area contributed by atoms with Crippen LogP contribution in [-0.4, -0.2) is 9.38 Å². The number of hydrogen-bond acceptors (Lipinski definition) is 1. The molecule has 17 heavy (non-hydrogen) atoms. The molecule has 3 rings (SSSR count). The normalized spacial score (nSPS) is 10.9. The van der Waals surface area contributed by atoms with Crippen LogP contribution in [0.25, 0.3) is 16.9 Å². The van der Waals surface area contributed by atoms with Gasteiger partial charge in [-0.3, -0.25) is 4.40 Å². The molecule has 0 amide bonds. The highest BCUT2D eigenvalue weighted by Crippen LogP contribution is 2.26. The number of aromatic nitrogens is 2. The zero-order valence-electron chi connectivity index (χ0n) is 8.77. The summed E-state index contributed by atoms with van der Waals surface area (Å²) in [5.41, 5.74) is 2.21. The monoisotopic (exact) mass is 398 g/mol. The average molecular weight is 399 g/mol. The molecule has 0 radical (unpaired) electrons. The van der Waals surface area contributed by atoms with Gasteiger partial charge in [-0.25, -0.2) is 4.98 Å². The van der Waals surface area contributed by atoms with E-state index in [1.807, 2.05) is 24.4 Å². The van der Waals surface area contributed by atoms with Crippen LogP contribution in [0.5, 0.6) is 0 Å². The number of halogens is 2. The summed E-state index contributed by atoms with van der Waals surface area (Å²) in [5.74, 6) is 0.962. The lowest BCUT2D eigenvalue weighted by Gasteiger charge is -2.00. The van der Waals surface area contributed by atoms with Crippen LogP contribution in [0.3, 0.4) is 0 Å². The Bertz CT molecular complexity index is 673. The van der Waals surface area contributed by atoms with Gasteiger partial charge in [0.1, 0.15) is 10.4 Å². The van der Waals surface area contributed by atoms with E-state index in [4.69, 9.17) is 0 Å². The van der Waals surface area contributed by atoms with Gasteiger partial charge < -0.3 is 0 Å². The van der Waals surface area contributed by atoms with E-state index in [1.165, 1.54) is 3.57 Å². The maximum absolute atomic E-state index is 4.57. The van der Waals surface area contributed by atoms with Crippen LogP contribution in [0.15, 0.2) is 53.3 Å². The van der Waals surface area contributed by atoms with Gasteiger partial charge in [0.15, 0.2) is 0 Å². The largest absolute Gasteiger partial charge is 0.299 e. The molecule has 3 aromatic rings. The molecule has 0 spiro atoms. The van der Waals surface area contributed by atoms with Crippen molar-refractivity contribution in [1.29, 1.82) is 0 Å². The Labute approximate surface area is 121 Å². The molecule has 0 N–H and O–H groups in total. The molecule has 0 saturated heterocycles. The molecule has 0 aliphatic carbocycles. The Balaban J connectivity index is 2.27. The predicted octanol–water partition coefficient (Wildman–Crippen LogP) is 4.37. The van der Waals surface area contributed by atoms with Gasteiger partial charge in [0.2, 0.25) is 0 Å². The molecular weight excluding hydrogens is 391 g/mol. The fourth-order valence-corrected chi connectivity index (χ4v) is 2.65. The number of pyridine rings is 1. The third-order valence-corrected chi connectivity index (χ3v) is 3.91. The minimum Gasteiger partial charge on any atom is -0.299 e. The van der Waals surface area contributed by atoms with Gasteiger partial charge >= 0.3 is 0 Å². The van der Waals surface area contributed by atoms with Gasteiger partial charge in [-0.1, -0.05) is 18.2 Å². The van der Waals surface area contributed by atoms with Crippen molar-refractivity contribution in [1.82, 2.24) is 9.38 Å². The summed E-state index contributed by atoms with van der Waals surface area (Å²) >= 11 is 5.80. The zero-order valence-corrected chi connectivity index (χ0v) is 12.5. The lowest BCUT2D eigenvalue weighted by atomic mass is 10.2. The van der Waals surface area contributed by atoms with E-state index in [9.17, 15) is 0 Å². The standard InChI is InChI=1S/C13H8BrIN2/c14-12-11-3-1-2-8-17(11)13(16-12)9-4-6-10(15)7-5-9/h1-8H. The van der Waals surface area contributed by atoms with Crippen molar-refractivity contribution in [2.75, 3.05) is 0 Å². The topological polar surface area (TPSA) is 17.3 Å². The number of fused-ring (bicyclic) bond motifs is 1. The SMILES string of the molecule is Brc1nc(-c2ccc(I)cc2)n2ccccc12. The van der Waals surface area contributed by atoms with Gasteiger partial charge in [-0.15, -0.1) is 0 Å². The van der Waals surface area contributed by atoms with Crippen molar-refractivity contribution in [3.05, 3.63) is 56.8 Å². The second-order valence-electron chi connectivity index (χ2n) is 3.69. The van der Waals surface area contributed by atoms with Crippen LogP contribution in [0.4, 0.5) is 0 Å². The van der Waals surface area contributed by atoms with E-state index in [0.717, 1.165) is 21.5 Å². The Hall–Kier alpha value is -0.880. The number of hydrogen-bond donors (Lipinski definition) is 0. The summed E-state index contributed by atoms with van der Waals surface area (Å²) in [6, 6.07) is 14.4. The zero-order chi connectivity index (χ0) is 11.8. The third-order valence-electron chi connectivity index (χ3n) is 2.61. The minimum absolute atomic E-state index is 0.881. The first kappa shape index (κ1) is 11.2. The summed E-state index contributed by atoms with van der Waals surface area (Å²) in [7, 11) is 0. The molecule has 0 unspecified atom stereocenters. The van der Waals surface area contributed by atoms with E-state index < -0.39 is 0 Å². The lowest BCUT2D eigenvalue weighted by Crippen LogP contribution is -1.88. The Morgan fingerprint density at radius 2 is 1.82 bits per heavy atom. The summed E-state index contributed by atoms with van der Waals surface area (Å²) in [6.07, 6.45) is 2.03. The highest BCUT2D eigenvalue weighted by atomic mass is 127. The van der Waals surface area contributed by atoms with E-state index in [1.54, 1.807) is 0 Å². The average Bonchev–Trinajstić information content (AvgIpc) is 2.69. The highest BCUT2D eigenvalue weighted by Gasteiger charge is 2.09. The van der Waals surface area contributed by atoms with Gasteiger partial charge in [0.25, 0.3) is 0 Å². The second-order valence-corrected chi connectivity index (χ2v) is 5.69. The fourth-order valence-electron chi connectivity index (χ4n) is 1.80. The predicted molar refractivity (Wildman–Crippen MR) is 81.0 cm³/mol. The van der Waals surface area contributed by atoms with Gasteiger partial charge in [-0.2, -0.15) is 0 Å². The molecule has 0 aliphatic heterocycles. The number of rotatable bonds is 1. The molecule has 1 aromatic carbocycles. The van der Waals surface area contributed by atoms with Crippen LogP contribution in [0.1, 0.15) is 0 Å². The first-order valence-electron chi connectivity index (χ1n) is 5.14. The van der Waals surface area contributed by atoms with Gasteiger partial charge in [0, 0.05) is 15.3 Å². The molecular formula is C13H8BrIN2. The van der Waals surface area contributed by atoms with Crippen molar-refractivity contribution in [3.8, 4) is 11.4 Å². The highest BCUT2D eigenvalue weighted by molar-refractivity contribution is 14.1. The molecule has 0 saturated carbocycles. The maximum Gasteiger partial charge on any atom is 0.145 e. The quantitative estimate of drug-likeness (QED) is 0.556. The lowest BCUT2D eigenvalue weighted by molar-refractivity contribution is 1.16. The number of imidazole rings is 1. The van der Waals surface area contributed by atoms with Crippen molar-refractivity contribution in [2.24, 2.45) is 0 Å². The van der Waals surface area contributed by atoms with E-state index in [-0.39, 0.29) is 0 Å². The van der Waals surface area contributed by atoms with Crippen molar-refractivity contribution in [3.63, 3.8) is 0 Å². The van der Waals surface area contributed by atoms with Gasteiger partial charge in [0.05, 0.1) is 5.52 Å². The third kappa shape index (κ3) is 1.99. The molecule has 0 atom stereocenters. The molecule has 0 fully saturated rings. The first-order valence-corrected chi connectivity index (χ1v) is 7.01. The summed E-state index contributed by atoms with van der Waals surface area (Å²) in [5, 5.41) is 0. The number of benzene rings is 1. The van der Waals surface area contributed by atoms with Crippen LogP contribution in [0, 0.1) is 3.57 Å². The Morgan fingerprint density at radius 1 is 1.06 bits per heavy atom. The molecule has 2 nitrogen and oxygen atoms in total. The van der Waals surface area contributed by atoms with E-state index >= 15 is 0 Å². The Morgan fingerprint density at radius 3 is 2.59 bits per heavy atom. The first-order chi connectivity index (χ1) is 8.25. The Kier molecular flexibility index (Phi) is 2.92. The number of nitrogens with zero attached hydrogens (tertiary/aromatic N) is 2. The molecule has 0 aliphatic rings. The second kappa shape index (κ2) is 4.42. The summed E-state index contributed by atoms with van der Waals surface area (Å²) < 4.78 is 4.20. The molecule has 4 heteroatoms. The van der Waals surface area contributed by atoms with Crippen molar-refractivity contribution < 1.29 is 0 Å². The van der Waals surface area contributed by atoms with Crippen molar-refractivity contribution in [2.45, 2.75) is 0 Å². The van der Waals surface area contributed by atoms with Crippen LogP contribution >= 0.6 is 38.5 Å². The van der Waals surface area contributed by atoms with E-state index in [0.29, 0.717) is 0 Å². The van der Waals surface area contributed by atoms with Crippen LogP contribution in [0.2, 0.25) is 0 Å². The maximum atomic E-state index is 4.57. The van der Waals surface area contributed by atoms with Crippen molar-refractivity contribution >= 4 is 44.0 Å². The smallest absolute Gasteiger partial charge is 0.145 e. The summed E-state index contributed by atoms with van der Waals surface area (Å²) in [4.78, 5) is 4.57. The minimum atomic E-state index is 0.881.